The Labute approximate surface area is 127 Å². The highest BCUT2D eigenvalue weighted by atomic mass is 15.1. The Bertz CT molecular complexity index is 648. The van der Waals surface area contributed by atoms with Gasteiger partial charge in [-0.05, 0) is 49.1 Å². The molecule has 0 aliphatic heterocycles. The van der Waals surface area contributed by atoms with Crippen LogP contribution < -0.4 is 4.90 Å². The number of nitriles is 1. The molecular formula is C19H22N2. The van der Waals surface area contributed by atoms with E-state index in [4.69, 9.17) is 0 Å². The minimum Gasteiger partial charge on any atom is -0.378 e. The lowest BCUT2D eigenvalue weighted by atomic mass is 9.89. The van der Waals surface area contributed by atoms with Gasteiger partial charge in [-0.15, -0.1) is 0 Å². The molecule has 0 amide bonds. The van der Waals surface area contributed by atoms with Crippen LogP contribution in [-0.4, -0.2) is 14.1 Å². The van der Waals surface area contributed by atoms with Crippen molar-refractivity contribution in [2.75, 3.05) is 19.0 Å². The monoisotopic (exact) mass is 278 g/mol. The van der Waals surface area contributed by atoms with Gasteiger partial charge in [-0.3, -0.25) is 0 Å². The molecule has 2 aromatic carbocycles. The predicted molar refractivity (Wildman–Crippen MR) is 88.7 cm³/mol. The van der Waals surface area contributed by atoms with Gasteiger partial charge in [0.15, 0.2) is 0 Å². The Morgan fingerprint density at radius 1 is 1.05 bits per heavy atom. The smallest absolute Gasteiger partial charge is 0.0755 e. The lowest BCUT2D eigenvalue weighted by Crippen LogP contribution is -2.08. The molecule has 0 saturated heterocycles. The summed E-state index contributed by atoms with van der Waals surface area (Å²) in [5, 5.41) is 9.54. The van der Waals surface area contributed by atoms with Crippen LogP contribution in [0.15, 0.2) is 42.5 Å². The molecule has 0 heterocycles. The minimum atomic E-state index is -0.0879. The highest BCUT2D eigenvalue weighted by Gasteiger charge is 2.14. The second-order valence-electron chi connectivity index (χ2n) is 5.81. The van der Waals surface area contributed by atoms with Crippen molar-refractivity contribution in [1.82, 2.24) is 0 Å². The average Bonchev–Trinajstić information content (AvgIpc) is 2.48. The highest BCUT2D eigenvalue weighted by Crippen LogP contribution is 2.25. The zero-order valence-corrected chi connectivity index (χ0v) is 13.2. The molecule has 0 fully saturated rings. The molecule has 0 bridgehead atoms. The van der Waals surface area contributed by atoms with Crippen LogP contribution in [0, 0.1) is 25.2 Å². The van der Waals surface area contributed by atoms with Crippen molar-refractivity contribution in [3.05, 3.63) is 64.7 Å². The van der Waals surface area contributed by atoms with Gasteiger partial charge in [-0.2, -0.15) is 5.26 Å². The first kappa shape index (κ1) is 15.1. The second-order valence-corrected chi connectivity index (χ2v) is 5.81. The maximum atomic E-state index is 9.54. The van der Waals surface area contributed by atoms with Crippen LogP contribution in [0.4, 0.5) is 5.69 Å². The number of anilines is 1. The number of benzene rings is 2. The summed E-state index contributed by atoms with van der Waals surface area (Å²) in [5.74, 6) is -0.0879. The Hall–Kier alpha value is -2.27. The first-order valence-corrected chi connectivity index (χ1v) is 7.24. The molecule has 2 rings (SSSR count). The molecule has 108 valence electrons. The SMILES string of the molecule is Cc1ccc(C)c(C(C#N)Cc2ccc(N(C)C)cc2)c1. The normalized spacial score (nSPS) is 11.8. The number of nitrogens with zero attached hydrogens (tertiary/aromatic N) is 2. The van der Waals surface area contributed by atoms with Gasteiger partial charge in [-0.1, -0.05) is 35.9 Å². The molecular weight excluding hydrogens is 256 g/mol. The van der Waals surface area contributed by atoms with Crippen molar-refractivity contribution < 1.29 is 0 Å². The highest BCUT2D eigenvalue weighted by molar-refractivity contribution is 5.46. The molecule has 0 aliphatic rings. The van der Waals surface area contributed by atoms with E-state index in [2.05, 4.69) is 67.3 Å². The van der Waals surface area contributed by atoms with Gasteiger partial charge in [-0.25, -0.2) is 0 Å². The maximum absolute atomic E-state index is 9.54. The Kier molecular flexibility index (Phi) is 4.65. The molecule has 0 N–H and O–H groups in total. The van der Waals surface area contributed by atoms with E-state index >= 15 is 0 Å². The van der Waals surface area contributed by atoms with Gasteiger partial charge in [0.05, 0.1) is 12.0 Å². The Morgan fingerprint density at radius 3 is 2.29 bits per heavy atom. The van der Waals surface area contributed by atoms with Gasteiger partial charge in [0, 0.05) is 19.8 Å². The number of aryl methyl sites for hydroxylation is 2. The van der Waals surface area contributed by atoms with Crippen LogP contribution in [0.25, 0.3) is 0 Å². The topological polar surface area (TPSA) is 27.0 Å². The van der Waals surface area contributed by atoms with Crippen molar-refractivity contribution in [3.8, 4) is 6.07 Å². The molecule has 0 aromatic heterocycles. The summed E-state index contributed by atoms with van der Waals surface area (Å²) in [4.78, 5) is 2.08. The van der Waals surface area contributed by atoms with Crippen LogP contribution in [0.1, 0.15) is 28.2 Å². The van der Waals surface area contributed by atoms with E-state index in [-0.39, 0.29) is 5.92 Å². The molecule has 2 nitrogen and oxygen atoms in total. The Balaban J connectivity index is 2.23. The summed E-state index contributed by atoms with van der Waals surface area (Å²) in [5.41, 5.74) is 5.93. The third-order valence-corrected chi connectivity index (χ3v) is 3.86. The van der Waals surface area contributed by atoms with Gasteiger partial charge in [0.25, 0.3) is 0 Å². The number of hydrogen-bond acceptors (Lipinski definition) is 2. The van der Waals surface area contributed by atoms with Crippen LogP contribution >= 0.6 is 0 Å². The molecule has 0 spiro atoms. The van der Waals surface area contributed by atoms with Crippen LogP contribution in [0.2, 0.25) is 0 Å². The number of hydrogen-bond donors (Lipinski definition) is 0. The molecule has 2 aromatic rings. The zero-order chi connectivity index (χ0) is 15.4. The predicted octanol–water partition coefficient (Wildman–Crippen LogP) is 4.22. The van der Waals surface area contributed by atoms with E-state index in [1.54, 1.807) is 0 Å². The summed E-state index contributed by atoms with van der Waals surface area (Å²) in [7, 11) is 4.06. The molecule has 21 heavy (non-hydrogen) atoms. The summed E-state index contributed by atoms with van der Waals surface area (Å²) in [6.07, 6.45) is 0.758. The summed E-state index contributed by atoms with van der Waals surface area (Å²) in [6.45, 7) is 4.15. The van der Waals surface area contributed by atoms with Crippen LogP contribution in [0.3, 0.4) is 0 Å². The van der Waals surface area contributed by atoms with Crippen LogP contribution in [0.5, 0.6) is 0 Å². The van der Waals surface area contributed by atoms with Gasteiger partial charge in [0.2, 0.25) is 0 Å². The van der Waals surface area contributed by atoms with E-state index in [1.165, 1.54) is 22.4 Å². The summed E-state index contributed by atoms with van der Waals surface area (Å²) < 4.78 is 0. The van der Waals surface area contributed by atoms with Crippen molar-refractivity contribution in [2.45, 2.75) is 26.2 Å². The van der Waals surface area contributed by atoms with Gasteiger partial charge in [0.1, 0.15) is 0 Å². The fraction of sp³-hybridized carbons (Fsp3) is 0.316. The largest absolute Gasteiger partial charge is 0.378 e. The minimum absolute atomic E-state index is 0.0879. The first-order valence-electron chi connectivity index (χ1n) is 7.24. The molecule has 1 unspecified atom stereocenters. The van der Waals surface area contributed by atoms with E-state index in [0.29, 0.717) is 0 Å². The van der Waals surface area contributed by atoms with Crippen molar-refractivity contribution in [2.24, 2.45) is 0 Å². The van der Waals surface area contributed by atoms with E-state index < -0.39 is 0 Å². The number of rotatable bonds is 4. The third-order valence-electron chi connectivity index (χ3n) is 3.86. The molecule has 0 radical (unpaired) electrons. The molecule has 0 aliphatic carbocycles. The van der Waals surface area contributed by atoms with E-state index in [9.17, 15) is 5.26 Å². The molecule has 1 atom stereocenters. The van der Waals surface area contributed by atoms with E-state index in [1.807, 2.05) is 14.1 Å². The average molecular weight is 278 g/mol. The van der Waals surface area contributed by atoms with Crippen LogP contribution in [-0.2, 0) is 6.42 Å². The third kappa shape index (κ3) is 3.64. The summed E-state index contributed by atoms with van der Waals surface area (Å²) >= 11 is 0. The quantitative estimate of drug-likeness (QED) is 0.837. The summed E-state index contributed by atoms with van der Waals surface area (Å²) in [6, 6.07) is 17.2. The zero-order valence-electron chi connectivity index (χ0n) is 13.2. The van der Waals surface area contributed by atoms with Crippen molar-refractivity contribution >= 4 is 5.69 Å². The van der Waals surface area contributed by atoms with Gasteiger partial charge < -0.3 is 4.90 Å². The fourth-order valence-corrected chi connectivity index (χ4v) is 2.53. The van der Waals surface area contributed by atoms with Crippen molar-refractivity contribution in [3.63, 3.8) is 0 Å². The first-order chi connectivity index (χ1) is 10.0. The maximum Gasteiger partial charge on any atom is 0.0755 e. The fourth-order valence-electron chi connectivity index (χ4n) is 2.53. The van der Waals surface area contributed by atoms with Crippen molar-refractivity contribution in [1.29, 1.82) is 5.26 Å². The van der Waals surface area contributed by atoms with E-state index in [0.717, 1.165) is 12.0 Å². The molecule has 0 saturated carbocycles. The second kappa shape index (κ2) is 6.45. The lowest BCUT2D eigenvalue weighted by molar-refractivity contribution is 0.839. The van der Waals surface area contributed by atoms with Gasteiger partial charge >= 0.3 is 0 Å². The standard InChI is InChI=1S/C19H22N2/c1-14-5-6-15(2)19(11-14)17(13-20)12-16-7-9-18(10-8-16)21(3)4/h5-11,17H,12H2,1-4H3. The lowest BCUT2D eigenvalue weighted by Gasteiger charge is -2.15. The molecule has 2 heteroatoms. The Morgan fingerprint density at radius 2 is 1.71 bits per heavy atom.